The number of carbonyl (C=O) groups is 1. The Hall–Kier alpha value is -1.46. The summed E-state index contributed by atoms with van der Waals surface area (Å²) in [5.74, 6) is -0.262. The zero-order valence-corrected chi connectivity index (χ0v) is 11.5. The number of hydrogen-bond donors (Lipinski definition) is 2. The number of likely N-dealkylation sites (tertiary alicyclic amines) is 1. The van der Waals surface area contributed by atoms with Gasteiger partial charge in [0.05, 0.1) is 0 Å². The van der Waals surface area contributed by atoms with Gasteiger partial charge < -0.3 is 15.7 Å². The van der Waals surface area contributed by atoms with E-state index in [1.807, 2.05) is 0 Å². The summed E-state index contributed by atoms with van der Waals surface area (Å²) in [6.07, 6.45) is 0.695. The highest BCUT2D eigenvalue weighted by Crippen LogP contribution is 2.13. The Morgan fingerprint density at radius 3 is 2.70 bits per heavy atom. The van der Waals surface area contributed by atoms with Crippen LogP contribution in [0.25, 0.3) is 0 Å². The third kappa shape index (κ3) is 3.77. The third-order valence-electron chi connectivity index (χ3n) is 3.71. The predicted molar refractivity (Wildman–Crippen MR) is 74.8 cm³/mol. The Morgan fingerprint density at radius 1 is 1.40 bits per heavy atom. The second-order valence-electron chi connectivity index (χ2n) is 5.34. The molecule has 0 bridgehead atoms. The lowest BCUT2D eigenvalue weighted by atomic mass is 10.0. The first-order valence-electron chi connectivity index (χ1n) is 6.96. The maximum atomic E-state index is 12.6. The number of rotatable bonds is 4. The normalized spacial score (nSPS) is 18.1. The third-order valence-corrected chi connectivity index (χ3v) is 3.71. The molecule has 5 heteroatoms. The van der Waals surface area contributed by atoms with Crippen LogP contribution in [0.1, 0.15) is 24.0 Å². The van der Waals surface area contributed by atoms with E-state index >= 15 is 0 Å². The van der Waals surface area contributed by atoms with Crippen molar-refractivity contribution in [3.05, 3.63) is 35.4 Å². The van der Waals surface area contributed by atoms with Crippen LogP contribution in [-0.2, 0) is 17.9 Å². The lowest BCUT2D eigenvalue weighted by Crippen LogP contribution is -2.47. The summed E-state index contributed by atoms with van der Waals surface area (Å²) in [4.78, 5) is 13.8. The minimum atomic E-state index is -1.07. The number of aliphatic hydroxyl groups excluding tert-OH is 1. The van der Waals surface area contributed by atoms with E-state index in [-0.39, 0.29) is 18.4 Å². The molecular formula is C15H21FN2O2. The number of carbonyl (C=O) groups excluding carboxylic acids is 1. The fourth-order valence-electron chi connectivity index (χ4n) is 2.48. The highest BCUT2D eigenvalue weighted by atomic mass is 19.1. The lowest BCUT2D eigenvalue weighted by Gasteiger charge is -2.31. The first kappa shape index (κ1) is 14.9. The molecule has 0 radical (unpaired) electrons. The number of nitrogens with zero attached hydrogens (tertiary/aromatic N) is 1. The molecule has 1 aromatic carbocycles. The lowest BCUT2D eigenvalue weighted by molar-refractivity contribution is -0.141. The number of hydrogen-bond acceptors (Lipinski definition) is 3. The van der Waals surface area contributed by atoms with Gasteiger partial charge in [0.25, 0.3) is 5.91 Å². The molecule has 1 atom stereocenters. The van der Waals surface area contributed by atoms with E-state index in [0.717, 1.165) is 18.4 Å². The zero-order chi connectivity index (χ0) is 14.5. The van der Waals surface area contributed by atoms with Gasteiger partial charge in [-0.3, -0.25) is 4.79 Å². The highest BCUT2D eigenvalue weighted by molar-refractivity contribution is 5.81. The fourth-order valence-corrected chi connectivity index (χ4v) is 2.48. The Bertz CT molecular complexity index is 459. The Morgan fingerprint density at radius 2 is 2.05 bits per heavy atom. The van der Waals surface area contributed by atoms with Gasteiger partial charge in [-0.1, -0.05) is 24.3 Å². The molecule has 1 aliphatic heterocycles. The van der Waals surface area contributed by atoms with Gasteiger partial charge in [-0.2, -0.15) is 0 Å². The van der Waals surface area contributed by atoms with E-state index in [0.29, 0.717) is 18.7 Å². The summed E-state index contributed by atoms with van der Waals surface area (Å²) in [5, 5.41) is 10.0. The van der Waals surface area contributed by atoms with Crippen molar-refractivity contribution in [3.8, 4) is 0 Å². The highest BCUT2D eigenvalue weighted by Gasteiger charge is 2.25. The van der Waals surface area contributed by atoms with Gasteiger partial charge in [0, 0.05) is 25.6 Å². The Kier molecular flexibility index (Phi) is 5.09. The van der Waals surface area contributed by atoms with Gasteiger partial charge in [-0.05, 0) is 24.0 Å². The van der Waals surface area contributed by atoms with Gasteiger partial charge >= 0.3 is 0 Å². The number of amides is 1. The van der Waals surface area contributed by atoms with Gasteiger partial charge in [-0.25, -0.2) is 4.39 Å². The van der Waals surface area contributed by atoms with Crippen molar-refractivity contribution in [1.29, 1.82) is 0 Å². The van der Waals surface area contributed by atoms with Crippen molar-refractivity contribution >= 4 is 5.91 Å². The van der Waals surface area contributed by atoms with Crippen LogP contribution in [0.4, 0.5) is 4.39 Å². The van der Waals surface area contributed by atoms with Crippen molar-refractivity contribution < 1.29 is 14.3 Å². The second-order valence-corrected chi connectivity index (χ2v) is 5.34. The average Bonchev–Trinajstić information content (AvgIpc) is 2.47. The van der Waals surface area contributed by atoms with E-state index in [4.69, 9.17) is 5.73 Å². The maximum absolute atomic E-state index is 12.6. The molecule has 1 saturated heterocycles. The molecule has 0 aliphatic carbocycles. The number of alkyl halides is 1. The number of aliphatic hydroxyl groups is 1. The summed E-state index contributed by atoms with van der Waals surface area (Å²) in [5.41, 5.74) is 7.13. The largest absolute Gasteiger partial charge is 0.383 e. The van der Waals surface area contributed by atoms with Crippen LogP contribution in [0.15, 0.2) is 24.3 Å². The molecule has 0 saturated carbocycles. The molecule has 110 valence electrons. The van der Waals surface area contributed by atoms with E-state index in [1.54, 1.807) is 29.2 Å². The summed E-state index contributed by atoms with van der Waals surface area (Å²) < 4.78 is 12.6. The molecule has 1 amide bonds. The Balaban J connectivity index is 1.93. The molecule has 1 fully saturated rings. The van der Waals surface area contributed by atoms with Crippen LogP contribution in [0.3, 0.4) is 0 Å². The number of benzene rings is 1. The van der Waals surface area contributed by atoms with Crippen LogP contribution in [0.2, 0.25) is 0 Å². The smallest absolute Gasteiger partial charge is 0.251 e. The molecule has 4 nitrogen and oxygen atoms in total. The van der Waals surface area contributed by atoms with Crippen LogP contribution < -0.4 is 5.73 Å². The van der Waals surface area contributed by atoms with Crippen LogP contribution >= 0.6 is 0 Å². The summed E-state index contributed by atoms with van der Waals surface area (Å²) >= 11 is 0. The summed E-state index contributed by atoms with van der Waals surface area (Å²) in [6, 6.07) is 7.05. The standard InChI is InChI=1S/C15H21FN2O2/c16-10-12-3-1-2-11(8-12)9-14(19)15(20)18-6-4-13(17)5-7-18/h1-3,8,13-14,19H,4-7,9-10,17H2/t14-/m1/s1. The van der Waals surface area contributed by atoms with Gasteiger partial charge in [-0.15, -0.1) is 0 Å². The van der Waals surface area contributed by atoms with Gasteiger partial charge in [0.1, 0.15) is 12.8 Å². The first-order valence-corrected chi connectivity index (χ1v) is 6.96. The van der Waals surface area contributed by atoms with E-state index in [9.17, 15) is 14.3 Å². The van der Waals surface area contributed by atoms with Gasteiger partial charge in [0.15, 0.2) is 0 Å². The monoisotopic (exact) mass is 280 g/mol. The molecule has 3 N–H and O–H groups in total. The van der Waals surface area contributed by atoms with E-state index in [1.165, 1.54) is 0 Å². The van der Waals surface area contributed by atoms with Crippen molar-refractivity contribution in [2.75, 3.05) is 13.1 Å². The summed E-state index contributed by atoms with van der Waals surface area (Å²) in [6.45, 7) is 0.658. The molecule has 1 heterocycles. The van der Waals surface area contributed by atoms with Crippen molar-refractivity contribution in [3.63, 3.8) is 0 Å². The molecule has 0 unspecified atom stereocenters. The number of piperidine rings is 1. The fraction of sp³-hybridized carbons (Fsp3) is 0.533. The molecule has 0 aromatic heterocycles. The zero-order valence-electron chi connectivity index (χ0n) is 11.5. The molecular weight excluding hydrogens is 259 g/mol. The van der Waals surface area contributed by atoms with Crippen molar-refractivity contribution in [1.82, 2.24) is 4.90 Å². The SMILES string of the molecule is NC1CCN(C(=O)[C@H](O)Cc2cccc(CF)c2)CC1. The number of nitrogens with two attached hydrogens (primary N) is 1. The predicted octanol–water partition coefficient (Wildman–Crippen LogP) is 1.01. The van der Waals surface area contributed by atoms with E-state index < -0.39 is 12.8 Å². The molecule has 20 heavy (non-hydrogen) atoms. The molecule has 1 aromatic rings. The van der Waals surface area contributed by atoms with Crippen molar-refractivity contribution in [2.24, 2.45) is 5.73 Å². The average molecular weight is 280 g/mol. The second kappa shape index (κ2) is 6.81. The molecule has 1 aliphatic rings. The topological polar surface area (TPSA) is 66.6 Å². The quantitative estimate of drug-likeness (QED) is 0.865. The van der Waals surface area contributed by atoms with Gasteiger partial charge in [0.2, 0.25) is 0 Å². The first-order chi connectivity index (χ1) is 9.60. The van der Waals surface area contributed by atoms with Crippen LogP contribution in [0, 0.1) is 0 Å². The van der Waals surface area contributed by atoms with Crippen LogP contribution in [0.5, 0.6) is 0 Å². The Labute approximate surface area is 118 Å². The number of halogens is 1. The van der Waals surface area contributed by atoms with Crippen molar-refractivity contribution in [2.45, 2.75) is 38.1 Å². The molecule has 0 spiro atoms. The summed E-state index contributed by atoms with van der Waals surface area (Å²) in [7, 11) is 0. The minimum Gasteiger partial charge on any atom is -0.383 e. The minimum absolute atomic E-state index is 0.150. The van der Waals surface area contributed by atoms with E-state index in [2.05, 4.69) is 0 Å². The maximum Gasteiger partial charge on any atom is 0.251 e. The molecule has 2 rings (SSSR count). The van der Waals surface area contributed by atoms with Crippen LogP contribution in [-0.4, -0.2) is 41.1 Å².